The van der Waals surface area contributed by atoms with Crippen LogP contribution in [0.2, 0.25) is 0 Å². The Morgan fingerprint density at radius 3 is 2.75 bits per heavy atom. The third-order valence-electron chi connectivity index (χ3n) is 3.19. The molecule has 0 spiro atoms. The number of nitrogens with zero attached hydrogens (tertiary/aromatic N) is 1. The first-order chi connectivity index (χ1) is 9.75. The minimum Gasteiger partial charge on any atom is -0.373 e. The van der Waals surface area contributed by atoms with Gasteiger partial charge in [0.25, 0.3) is 0 Å². The monoisotopic (exact) mass is 288 g/mol. The van der Waals surface area contributed by atoms with E-state index in [-0.39, 0.29) is 5.91 Å². The van der Waals surface area contributed by atoms with Gasteiger partial charge in [-0.1, -0.05) is 18.2 Å². The van der Waals surface area contributed by atoms with Crippen molar-refractivity contribution in [1.29, 1.82) is 0 Å². The lowest BCUT2D eigenvalue weighted by molar-refractivity contribution is -0.120. The minimum atomic E-state index is 0.123. The number of para-hydroxylation sites is 1. The maximum atomic E-state index is 11.7. The zero-order valence-corrected chi connectivity index (χ0v) is 12.5. The standard InChI is InChI=1S/C16H20N2OS/c1-18(15-5-3-2-4-6-15)11-10-17-16(19)8-7-14-9-12-20-13-14/h2-6,9,12-13H,7-8,10-11H2,1H3,(H,17,19). The Labute approximate surface area is 124 Å². The Morgan fingerprint density at radius 1 is 1.25 bits per heavy atom. The Hall–Kier alpha value is -1.81. The maximum Gasteiger partial charge on any atom is 0.220 e. The molecule has 1 aromatic carbocycles. The Bertz CT molecular complexity index is 511. The number of likely N-dealkylation sites (N-methyl/N-ethyl adjacent to an activating group) is 1. The zero-order valence-electron chi connectivity index (χ0n) is 11.7. The molecule has 0 aliphatic heterocycles. The van der Waals surface area contributed by atoms with E-state index in [1.165, 1.54) is 11.3 Å². The Morgan fingerprint density at radius 2 is 2.05 bits per heavy atom. The van der Waals surface area contributed by atoms with Crippen LogP contribution in [0.4, 0.5) is 5.69 Å². The minimum absolute atomic E-state index is 0.123. The van der Waals surface area contributed by atoms with Crippen molar-refractivity contribution in [2.24, 2.45) is 0 Å². The Kier molecular flexibility index (Phi) is 5.62. The van der Waals surface area contributed by atoms with Gasteiger partial charge in [-0.15, -0.1) is 0 Å². The average molecular weight is 288 g/mol. The number of carbonyl (C=O) groups is 1. The Balaban J connectivity index is 1.64. The van der Waals surface area contributed by atoms with Gasteiger partial charge in [0, 0.05) is 32.2 Å². The van der Waals surface area contributed by atoms with E-state index in [1.54, 1.807) is 11.3 Å². The van der Waals surface area contributed by atoms with Gasteiger partial charge in [-0.3, -0.25) is 4.79 Å². The topological polar surface area (TPSA) is 32.3 Å². The molecule has 0 radical (unpaired) electrons. The third kappa shape index (κ3) is 4.70. The molecule has 0 aliphatic carbocycles. The van der Waals surface area contributed by atoms with Gasteiger partial charge in [0.15, 0.2) is 0 Å². The van der Waals surface area contributed by atoms with E-state index >= 15 is 0 Å². The number of hydrogen-bond acceptors (Lipinski definition) is 3. The molecule has 1 heterocycles. The van der Waals surface area contributed by atoms with Crippen molar-refractivity contribution in [2.75, 3.05) is 25.0 Å². The molecule has 4 heteroatoms. The quantitative estimate of drug-likeness (QED) is 0.849. The number of aryl methyl sites for hydroxylation is 1. The van der Waals surface area contributed by atoms with E-state index in [0.717, 1.165) is 13.0 Å². The van der Waals surface area contributed by atoms with E-state index < -0.39 is 0 Å². The fourth-order valence-electron chi connectivity index (χ4n) is 1.96. The average Bonchev–Trinajstić information content (AvgIpc) is 2.99. The van der Waals surface area contributed by atoms with Crippen LogP contribution in [0.15, 0.2) is 47.2 Å². The van der Waals surface area contributed by atoms with E-state index in [0.29, 0.717) is 13.0 Å². The third-order valence-corrected chi connectivity index (χ3v) is 3.92. The molecule has 0 aliphatic rings. The smallest absolute Gasteiger partial charge is 0.220 e. The highest BCUT2D eigenvalue weighted by Gasteiger charge is 2.04. The predicted octanol–water partition coefficient (Wildman–Crippen LogP) is 2.93. The second-order valence-electron chi connectivity index (χ2n) is 4.74. The van der Waals surface area contributed by atoms with Crippen molar-refractivity contribution in [1.82, 2.24) is 5.32 Å². The van der Waals surface area contributed by atoms with E-state index in [9.17, 15) is 4.79 Å². The number of anilines is 1. The highest BCUT2D eigenvalue weighted by atomic mass is 32.1. The van der Waals surface area contributed by atoms with Gasteiger partial charge in [0.1, 0.15) is 0 Å². The molecule has 1 amide bonds. The van der Waals surface area contributed by atoms with Gasteiger partial charge in [-0.25, -0.2) is 0 Å². The van der Waals surface area contributed by atoms with Gasteiger partial charge in [-0.2, -0.15) is 11.3 Å². The summed E-state index contributed by atoms with van der Waals surface area (Å²) in [4.78, 5) is 13.9. The van der Waals surface area contributed by atoms with Crippen LogP contribution in [0.3, 0.4) is 0 Å². The van der Waals surface area contributed by atoms with Crippen LogP contribution in [0.5, 0.6) is 0 Å². The number of hydrogen-bond donors (Lipinski definition) is 1. The highest BCUT2D eigenvalue weighted by molar-refractivity contribution is 7.07. The summed E-state index contributed by atoms with van der Waals surface area (Å²) in [6.07, 6.45) is 1.38. The molecule has 0 saturated heterocycles. The molecule has 2 aromatic rings. The van der Waals surface area contributed by atoms with Gasteiger partial charge in [0.05, 0.1) is 0 Å². The molecule has 20 heavy (non-hydrogen) atoms. The van der Waals surface area contributed by atoms with Crippen molar-refractivity contribution in [3.05, 3.63) is 52.7 Å². The molecule has 1 aromatic heterocycles. The van der Waals surface area contributed by atoms with Crippen molar-refractivity contribution >= 4 is 22.9 Å². The normalized spacial score (nSPS) is 10.2. The van der Waals surface area contributed by atoms with Gasteiger partial charge >= 0.3 is 0 Å². The summed E-state index contributed by atoms with van der Waals surface area (Å²) in [6, 6.07) is 12.2. The van der Waals surface area contributed by atoms with Crippen LogP contribution in [-0.2, 0) is 11.2 Å². The molecule has 0 atom stereocenters. The summed E-state index contributed by atoms with van der Waals surface area (Å²) in [5.74, 6) is 0.123. The summed E-state index contributed by atoms with van der Waals surface area (Å²) in [7, 11) is 2.03. The van der Waals surface area contributed by atoms with Crippen LogP contribution in [0, 0.1) is 0 Å². The number of benzene rings is 1. The van der Waals surface area contributed by atoms with Crippen molar-refractivity contribution in [2.45, 2.75) is 12.8 Å². The molecule has 0 saturated carbocycles. The molecular weight excluding hydrogens is 268 g/mol. The fourth-order valence-corrected chi connectivity index (χ4v) is 2.66. The number of thiophene rings is 1. The SMILES string of the molecule is CN(CCNC(=O)CCc1ccsc1)c1ccccc1. The molecule has 0 bridgehead atoms. The van der Waals surface area contributed by atoms with E-state index in [1.807, 2.05) is 30.6 Å². The number of nitrogens with one attached hydrogen (secondary N) is 1. The number of carbonyl (C=O) groups excluding carboxylic acids is 1. The summed E-state index contributed by atoms with van der Waals surface area (Å²) >= 11 is 1.67. The van der Waals surface area contributed by atoms with Crippen LogP contribution in [-0.4, -0.2) is 26.0 Å². The molecule has 0 unspecified atom stereocenters. The number of amides is 1. The lowest BCUT2D eigenvalue weighted by Gasteiger charge is -2.19. The van der Waals surface area contributed by atoms with Crippen LogP contribution >= 0.6 is 11.3 Å². The summed E-state index contributed by atoms with van der Waals surface area (Å²) in [5.41, 5.74) is 2.41. The fraction of sp³-hybridized carbons (Fsp3) is 0.312. The second-order valence-corrected chi connectivity index (χ2v) is 5.52. The molecule has 3 nitrogen and oxygen atoms in total. The zero-order chi connectivity index (χ0) is 14.2. The van der Waals surface area contributed by atoms with Crippen LogP contribution in [0.25, 0.3) is 0 Å². The van der Waals surface area contributed by atoms with Gasteiger partial charge in [0.2, 0.25) is 5.91 Å². The summed E-state index contributed by atoms with van der Waals surface area (Å²) in [5, 5.41) is 7.11. The largest absolute Gasteiger partial charge is 0.373 e. The van der Waals surface area contributed by atoms with Crippen molar-refractivity contribution in [3.63, 3.8) is 0 Å². The summed E-state index contributed by atoms with van der Waals surface area (Å²) < 4.78 is 0. The van der Waals surface area contributed by atoms with Crippen molar-refractivity contribution < 1.29 is 4.79 Å². The lowest BCUT2D eigenvalue weighted by atomic mass is 10.2. The maximum absolute atomic E-state index is 11.7. The second kappa shape index (κ2) is 7.70. The number of rotatable bonds is 7. The van der Waals surface area contributed by atoms with Gasteiger partial charge < -0.3 is 10.2 Å². The molecule has 2 rings (SSSR count). The lowest BCUT2D eigenvalue weighted by Crippen LogP contribution is -2.33. The first kappa shape index (κ1) is 14.6. The van der Waals surface area contributed by atoms with E-state index in [2.05, 4.69) is 33.8 Å². The van der Waals surface area contributed by atoms with Gasteiger partial charge in [-0.05, 0) is 40.9 Å². The first-order valence-corrected chi connectivity index (χ1v) is 7.74. The predicted molar refractivity (Wildman–Crippen MR) is 85.4 cm³/mol. The summed E-state index contributed by atoms with van der Waals surface area (Å²) in [6.45, 7) is 1.49. The molecule has 0 fully saturated rings. The molecule has 1 N–H and O–H groups in total. The first-order valence-electron chi connectivity index (χ1n) is 6.79. The van der Waals surface area contributed by atoms with Crippen molar-refractivity contribution in [3.8, 4) is 0 Å². The van der Waals surface area contributed by atoms with Crippen LogP contribution in [0.1, 0.15) is 12.0 Å². The van der Waals surface area contributed by atoms with E-state index in [4.69, 9.17) is 0 Å². The van der Waals surface area contributed by atoms with Crippen LogP contribution < -0.4 is 10.2 Å². The molecule has 106 valence electrons. The molecular formula is C16H20N2OS. The highest BCUT2D eigenvalue weighted by Crippen LogP contribution is 2.10.